The number of aromatic nitrogens is 1. The maximum atomic E-state index is 12.6. The van der Waals surface area contributed by atoms with Gasteiger partial charge < -0.3 is 9.80 Å². The van der Waals surface area contributed by atoms with Crippen molar-refractivity contribution in [3.8, 4) is 0 Å². The van der Waals surface area contributed by atoms with Crippen LogP contribution in [0.2, 0.25) is 0 Å². The van der Waals surface area contributed by atoms with Crippen LogP contribution in [0.15, 0.2) is 36.5 Å². The van der Waals surface area contributed by atoms with Crippen LogP contribution in [-0.2, 0) is 4.79 Å². The van der Waals surface area contributed by atoms with Crippen molar-refractivity contribution >= 4 is 28.2 Å². The Morgan fingerprint density at radius 3 is 2.83 bits per heavy atom. The van der Waals surface area contributed by atoms with Crippen molar-refractivity contribution in [1.82, 2.24) is 9.88 Å². The smallest absolute Gasteiger partial charge is 0.272 e. The minimum atomic E-state index is -0.112. The van der Waals surface area contributed by atoms with Gasteiger partial charge in [-0.2, -0.15) is 0 Å². The molecule has 0 aromatic carbocycles. The number of thiophene rings is 1. The molecule has 0 bridgehead atoms. The first-order valence-corrected chi connectivity index (χ1v) is 8.95. The van der Waals surface area contributed by atoms with E-state index in [0.29, 0.717) is 31.7 Å². The maximum absolute atomic E-state index is 12.6. The zero-order chi connectivity index (χ0) is 16.7. The summed E-state index contributed by atoms with van der Waals surface area (Å²) in [5, 5.41) is 1.02. The second-order valence-corrected chi connectivity index (χ2v) is 8.00. The molecule has 2 aliphatic rings. The van der Waals surface area contributed by atoms with Gasteiger partial charge in [0.2, 0.25) is 5.91 Å². The Hall–Kier alpha value is -2.21. The van der Waals surface area contributed by atoms with Crippen molar-refractivity contribution in [1.29, 1.82) is 0 Å². The lowest BCUT2D eigenvalue weighted by Crippen LogP contribution is -2.34. The highest BCUT2D eigenvalue weighted by molar-refractivity contribution is 7.16. The first-order valence-electron chi connectivity index (χ1n) is 8.13. The second kappa shape index (κ2) is 5.70. The summed E-state index contributed by atoms with van der Waals surface area (Å²) in [6, 6.07) is 9.44. The Bertz CT molecular complexity index is 789. The van der Waals surface area contributed by atoms with E-state index < -0.39 is 0 Å². The zero-order valence-electron chi connectivity index (χ0n) is 13.6. The van der Waals surface area contributed by atoms with E-state index >= 15 is 0 Å². The molecular weight excluding hydrogens is 322 g/mol. The molecule has 2 amide bonds. The van der Waals surface area contributed by atoms with Crippen LogP contribution in [0, 0.1) is 12.3 Å². The first-order chi connectivity index (χ1) is 11.6. The molecule has 1 atom stereocenters. The summed E-state index contributed by atoms with van der Waals surface area (Å²) in [4.78, 5) is 34.2. The highest BCUT2D eigenvalue weighted by atomic mass is 32.1. The van der Waals surface area contributed by atoms with Crippen molar-refractivity contribution in [3.05, 3.63) is 47.1 Å². The number of amides is 2. The molecule has 1 spiro atoms. The zero-order valence-corrected chi connectivity index (χ0v) is 14.4. The van der Waals surface area contributed by atoms with Gasteiger partial charge in [0.25, 0.3) is 5.91 Å². The van der Waals surface area contributed by atoms with Crippen molar-refractivity contribution in [3.63, 3.8) is 0 Å². The first kappa shape index (κ1) is 15.3. The van der Waals surface area contributed by atoms with E-state index in [4.69, 9.17) is 0 Å². The standard InChI is InChI=1S/C18H19N3O2S/c1-13-5-6-16(24-13)21-12-18(10-15(21)22)7-9-20(11-18)17(23)14-4-2-3-8-19-14/h2-6,8H,7,9-12H2,1H3/t18-/m0/s1. The molecule has 124 valence electrons. The van der Waals surface area contributed by atoms with Gasteiger partial charge in [-0.25, -0.2) is 0 Å². The third-order valence-electron chi connectivity index (χ3n) is 4.92. The van der Waals surface area contributed by atoms with Crippen LogP contribution in [0.3, 0.4) is 0 Å². The van der Waals surface area contributed by atoms with Crippen LogP contribution in [0.25, 0.3) is 0 Å². The number of anilines is 1. The molecule has 0 unspecified atom stereocenters. The van der Waals surface area contributed by atoms with Crippen LogP contribution in [-0.4, -0.2) is 41.3 Å². The van der Waals surface area contributed by atoms with E-state index in [0.717, 1.165) is 11.4 Å². The number of rotatable bonds is 2. The van der Waals surface area contributed by atoms with E-state index in [2.05, 4.69) is 4.98 Å². The summed E-state index contributed by atoms with van der Waals surface area (Å²) in [5.41, 5.74) is 0.365. The highest BCUT2D eigenvalue weighted by Gasteiger charge is 2.49. The molecule has 4 rings (SSSR count). The summed E-state index contributed by atoms with van der Waals surface area (Å²) in [5.74, 6) is 0.134. The van der Waals surface area contributed by atoms with Gasteiger partial charge in [0.1, 0.15) is 5.69 Å². The fourth-order valence-electron chi connectivity index (χ4n) is 3.70. The Morgan fingerprint density at radius 1 is 1.25 bits per heavy atom. The third-order valence-corrected chi connectivity index (χ3v) is 5.95. The molecule has 2 aromatic heterocycles. The second-order valence-electron chi connectivity index (χ2n) is 6.73. The molecular formula is C18H19N3O2S. The van der Waals surface area contributed by atoms with E-state index in [1.165, 1.54) is 4.88 Å². The average Bonchev–Trinajstić information content (AvgIpc) is 3.27. The monoisotopic (exact) mass is 341 g/mol. The number of hydrogen-bond acceptors (Lipinski definition) is 4. The summed E-state index contributed by atoms with van der Waals surface area (Å²) in [6.07, 6.45) is 3.03. The van der Waals surface area contributed by atoms with Crippen molar-refractivity contribution < 1.29 is 9.59 Å². The molecule has 6 heteroatoms. The molecule has 2 aliphatic heterocycles. The molecule has 24 heavy (non-hydrogen) atoms. The van der Waals surface area contributed by atoms with Crippen LogP contribution in [0.5, 0.6) is 0 Å². The number of carbonyl (C=O) groups excluding carboxylic acids is 2. The predicted octanol–water partition coefficient (Wildman–Crippen LogP) is 2.72. The van der Waals surface area contributed by atoms with Crippen molar-refractivity contribution in [2.45, 2.75) is 19.8 Å². The number of nitrogens with zero attached hydrogens (tertiary/aromatic N) is 3. The third kappa shape index (κ3) is 2.60. The molecule has 0 saturated carbocycles. The molecule has 2 aromatic rings. The Kier molecular flexibility index (Phi) is 3.64. The van der Waals surface area contributed by atoms with E-state index in [9.17, 15) is 9.59 Å². The Balaban J connectivity index is 1.50. The van der Waals surface area contributed by atoms with Crippen molar-refractivity contribution in [2.75, 3.05) is 24.5 Å². The van der Waals surface area contributed by atoms with Gasteiger partial charge in [0.05, 0.1) is 5.00 Å². The highest BCUT2D eigenvalue weighted by Crippen LogP contribution is 2.43. The lowest BCUT2D eigenvalue weighted by atomic mass is 9.86. The van der Waals surface area contributed by atoms with Crippen LogP contribution >= 0.6 is 11.3 Å². The number of hydrogen-bond donors (Lipinski definition) is 0. The van der Waals surface area contributed by atoms with Gasteiger partial charge in [-0.15, -0.1) is 11.3 Å². The maximum Gasteiger partial charge on any atom is 0.272 e. The molecule has 2 fully saturated rings. The molecule has 5 nitrogen and oxygen atoms in total. The van der Waals surface area contributed by atoms with Crippen LogP contribution in [0.1, 0.15) is 28.2 Å². The van der Waals surface area contributed by atoms with Gasteiger partial charge >= 0.3 is 0 Å². The van der Waals surface area contributed by atoms with E-state index in [1.54, 1.807) is 29.7 Å². The van der Waals surface area contributed by atoms with Crippen molar-refractivity contribution in [2.24, 2.45) is 5.41 Å². The molecule has 0 radical (unpaired) electrons. The minimum absolute atomic E-state index is 0.0367. The quantitative estimate of drug-likeness (QED) is 0.844. The fraction of sp³-hybridized carbons (Fsp3) is 0.389. The van der Waals surface area contributed by atoms with E-state index in [1.807, 2.05) is 34.9 Å². The molecule has 0 N–H and O–H groups in total. The van der Waals surface area contributed by atoms with E-state index in [-0.39, 0.29) is 17.2 Å². The molecule has 2 saturated heterocycles. The van der Waals surface area contributed by atoms with Gasteiger partial charge in [-0.1, -0.05) is 6.07 Å². The summed E-state index contributed by atoms with van der Waals surface area (Å²) in [6.45, 7) is 4.08. The van der Waals surface area contributed by atoms with Gasteiger partial charge in [0, 0.05) is 42.5 Å². The minimum Gasteiger partial charge on any atom is -0.337 e. The SMILES string of the molecule is Cc1ccc(N2C[C@@]3(CCN(C(=O)c4ccccn4)C3)CC2=O)s1. The molecule has 4 heterocycles. The van der Waals surface area contributed by atoms with Gasteiger partial charge in [-0.3, -0.25) is 14.6 Å². The molecule has 0 aliphatic carbocycles. The largest absolute Gasteiger partial charge is 0.337 e. The lowest BCUT2D eigenvalue weighted by molar-refractivity contribution is -0.117. The fourth-order valence-corrected chi connectivity index (χ4v) is 4.57. The summed E-state index contributed by atoms with van der Waals surface area (Å²) in [7, 11) is 0. The van der Waals surface area contributed by atoms with Gasteiger partial charge in [-0.05, 0) is 37.6 Å². The lowest BCUT2D eigenvalue weighted by Gasteiger charge is -2.23. The number of likely N-dealkylation sites (tertiary alicyclic amines) is 1. The van der Waals surface area contributed by atoms with Gasteiger partial charge in [0.15, 0.2) is 0 Å². The summed E-state index contributed by atoms with van der Waals surface area (Å²) < 4.78 is 0. The topological polar surface area (TPSA) is 53.5 Å². The van der Waals surface area contributed by atoms with Crippen LogP contribution < -0.4 is 4.90 Å². The van der Waals surface area contributed by atoms with Crippen LogP contribution in [0.4, 0.5) is 5.00 Å². The average molecular weight is 341 g/mol. The normalized spacial score (nSPS) is 23.5. The predicted molar refractivity (Wildman–Crippen MR) is 93.2 cm³/mol. The summed E-state index contributed by atoms with van der Waals surface area (Å²) >= 11 is 1.65. The Labute approximate surface area is 144 Å². The number of aryl methyl sites for hydroxylation is 1. The Morgan fingerprint density at radius 2 is 2.12 bits per heavy atom. The number of carbonyl (C=O) groups is 2. The number of pyridine rings is 1.